The molecule has 1 aliphatic rings. The lowest BCUT2D eigenvalue weighted by Crippen LogP contribution is -2.29. The van der Waals surface area contributed by atoms with Gasteiger partial charge in [-0.25, -0.2) is 4.39 Å². The SMILES string of the molecule is O=C(c1nn(CCO)c2cc(-c3cn[nH]c3)ccc12)C1COc2ccc(F)cc2C1. The lowest BCUT2D eigenvalue weighted by molar-refractivity contribution is 0.0850. The maximum absolute atomic E-state index is 13.6. The number of hydrogen-bond acceptors (Lipinski definition) is 5. The Labute approximate surface area is 171 Å². The van der Waals surface area contributed by atoms with Crippen molar-refractivity contribution in [2.75, 3.05) is 13.2 Å². The number of Topliss-reactive ketones (excluding diaryl/α,β-unsaturated/α-hetero) is 1. The van der Waals surface area contributed by atoms with Crippen molar-refractivity contribution in [3.8, 4) is 16.9 Å². The Bertz CT molecular complexity index is 1230. The van der Waals surface area contributed by atoms with Gasteiger partial charge in [0.25, 0.3) is 0 Å². The molecule has 0 saturated heterocycles. The Balaban J connectivity index is 1.53. The summed E-state index contributed by atoms with van der Waals surface area (Å²) in [5.41, 5.74) is 3.63. The van der Waals surface area contributed by atoms with Gasteiger partial charge in [0.2, 0.25) is 0 Å². The number of carbonyl (C=O) groups excluding carboxylic acids is 1. The predicted molar refractivity (Wildman–Crippen MR) is 108 cm³/mol. The molecule has 3 heterocycles. The van der Waals surface area contributed by atoms with E-state index in [9.17, 15) is 14.3 Å². The molecular formula is C22H19FN4O3. The zero-order valence-electron chi connectivity index (χ0n) is 16.0. The Morgan fingerprint density at radius 2 is 2.17 bits per heavy atom. The van der Waals surface area contributed by atoms with E-state index in [2.05, 4.69) is 15.3 Å². The van der Waals surface area contributed by atoms with Crippen LogP contribution in [0.15, 0.2) is 48.8 Å². The first-order chi connectivity index (χ1) is 14.6. The quantitative estimate of drug-likeness (QED) is 0.497. The number of fused-ring (bicyclic) bond motifs is 2. The van der Waals surface area contributed by atoms with E-state index in [0.717, 1.165) is 16.6 Å². The summed E-state index contributed by atoms with van der Waals surface area (Å²) in [6.45, 7) is 0.395. The monoisotopic (exact) mass is 406 g/mol. The summed E-state index contributed by atoms with van der Waals surface area (Å²) >= 11 is 0. The fourth-order valence-electron chi connectivity index (χ4n) is 3.93. The molecule has 4 aromatic rings. The smallest absolute Gasteiger partial charge is 0.190 e. The molecule has 7 nitrogen and oxygen atoms in total. The Morgan fingerprint density at radius 1 is 1.27 bits per heavy atom. The summed E-state index contributed by atoms with van der Waals surface area (Å²) in [7, 11) is 0. The van der Waals surface area contributed by atoms with Crippen molar-refractivity contribution in [3.05, 3.63) is 65.9 Å². The van der Waals surface area contributed by atoms with Crippen molar-refractivity contribution >= 4 is 16.7 Å². The number of aliphatic hydroxyl groups excluding tert-OH is 1. The van der Waals surface area contributed by atoms with E-state index in [4.69, 9.17) is 4.74 Å². The number of nitrogens with one attached hydrogen (secondary N) is 1. The van der Waals surface area contributed by atoms with Crippen LogP contribution in [0.5, 0.6) is 5.75 Å². The number of rotatable bonds is 5. The number of H-pyrrole nitrogens is 1. The number of hydrogen-bond donors (Lipinski definition) is 2. The van der Waals surface area contributed by atoms with Gasteiger partial charge in [0.05, 0.1) is 37.4 Å². The van der Waals surface area contributed by atoms with Gasteiger partial charge in [-0.05, 0) is 47.9 Å². The highest BCUT2D eigenvalue weighted by molar-refractivity contribution is 6.08. The van der Waals surface area contributed by atoms with E-state index < -0.39 is 5.92 Å². The number of aromatic amines is 1. The lowest BCUT2D eigenvalue weighted by atomic mass is 9.90. The van der Waals surface area contributed by atoms with Crippen LogP contribution >= 0.6 is 0 Å². The third-order valence-electron chi connectivity index (χ3n) is 5.43. The maximum atomic E-state index is 13.6. The average Bonchev–Trinajstić information content (AvgIpc) is 3.41. The van der Waals surface area contributed by atoms with Crippen LogP contribution < -0.4 is 4.74 Å². The summed E-state index contributed by atoms with van der Waals surface area (Å²) in [5, 5.41) is 21.4. The number of aromatic nitrogens is 4. The molecule has 30 heavy (non-hydrogen) atoms. The predicted octanol–water partition coefficient (Wildman–Crippen LogP) is 2.99. The number of ketones is 1. The highest BCUT2D eigenvalue weighted by Gasteiger charge is 2.30. The first-order valence-electron chi connectivity index (χ1n) is 9.70. The lowest BCUT2D eigenvalue weighted by Gasteiger charge is -2.23. The first-order valence-corrected chi connectivity index (χ1v) is 9.70. The van der Waals surface area contributed by atoms with Gasteiger partial charge in [-0.1, -0.05) is 6.07 Å². The minimum Gasteiger partial charge on any atom is -0.493 e. The van der Waals surface area contributed by atoms with Crippen LogP contribution in [-0.4, -0.2) is 44.1 Å². The Hall–Kier alpha value is -3.52. The third-order valence-corrected chi connectivity index (χ3v) is 5.43. The van der Waals surface area contributed by atoms with Gasteiger partial charge in [0.15, 0.2) is 5.78 Å². The van der Waals surface area contributed by atoms with Crippen molar-refractivity contribution in [1.82, 2.24) is 20.0 Å². The van der Waals surface area contributed by atoms with Crippen LogP contribution in [0.1, 0.15) is 16.1 Å². The summed E-state index contributed by atoms with van der Waals surface area (Å²) in [6.07, 6.45) is 3.90. The van der Waals surface area contributed by atoms with Gasteiger partial charge < -0.3 is 9.84 Å². The standard InChI is InChI=1S/C22H19FN4O3/c23-17-2-4-20-14(8-17)7-15(12-30-20)22(29)21-18-3-1-13(16-10-24-25-11-16)9-19(18)27(26-21)5-6-28/h1-4,8-11,15,28H,5-7,12H2,(H,24,25). The molecule has 0 fully saturated rings. The molecule has 8 heteroatoms. The van der Waals surface area contributed by atoms with E-state index in [1.807, 2.05) is 18.2 Å². The molecular weight excluding hydrogens is 387 g/mol. The first kappa shape index (κ1) is 18.5. The fourth-order valence-corrected chi connectivity index (χ4v) is 3.93. The molecule has 2 N–H and O–H groups in total. The number of benzene rings is 2. The van der Waals surface area contributed by atoms with Crippen LogP contribution in [0.3, 0.4) is 0 Å². The van der Waals surface area contributed by atoms with Gasteiger partial charge >= 0.3 is 0 Å². The average molecular weight is 406 g/mol. The molecule has 2 aromatic heterocycles. The third kappa shape index (κ3) is 3.15. The molecule has 0 bridgehead atoms. The molecule has 0 radical (unpaired) electrons. The van der Waals surface area contributed by atoms with Crippen LogP contribution in [0.4, 0.5) is 4.39 Å². The maximum Gasteiger partial charge on any atom is 0.190 e. The molecule has 0 amide bonds. The van der Waals surface area contributed by atoms with Crippen LogP contribution in [0.2, 0.25) is 0 Å². The normalized spacial score (nSPS) is 15.7. The van der Waals surface area contributed by atoms with Gasteiger partial charge in [-0.3, -0.25) is 14.6 Å². The van der Waals surface area contributed by atoms with Gasteiger partial charge in [-0.15, -0.1) is 0 Å². The van der Waals surface area contributed by atoms with E-state index in [1.165, 1.54) is 12.1 Å². The number of halogens is 1. The Kier molecular flexibility index (Phi) is 4.55. The number of aliphatic hydroxyl groups is 1. The Morgan fingerprint density at radius 3 is 2.97 bits per heavy atom. The van der Waals surface area contributed by atoms with Crippen molar-refractivity contribution in [1.29, 1.82) is 0 Å². The zero-order chi connectivity index (χ0) is 20.7. The van der Waals surface area contributed by atoms with E-state index >= 15 is 0 Å². The molecule has 0 saturated carbocycles. The number of carbonyl (C=O) groups is 1. The van der Waals surface area contributed by atoms with Crippen molar-refractivity contribution in [2.24, 2.45) is 5.92 Å². The van der Waals surface area contributed by atoms with E-state index in [1.54, 1.807) is 23.1 Å². The van der Waals surface area contributed by atoms with Gasteiger partial charge in [-0.2, -0.15) is 10.2 Å². The summed E-state index contributed by atoms with van der Waals surface area (Å²) in [4.78, 5) is 13.3. The summed E-state index contributed by atoms with van der Waals surface area (Å²) in [5.74, 6) is -0.341. The molecule has 0 aliphatic carbocycles. The van der Waals surface area contributed by atoms with Crippen molar-refractivity contribution in [2.45, 2.75) is 13.0 Å². The molecule has 5 rings (SSSR count). The fraction of sp³-hybridized carbons (Fsp3) is 0.227. The highest BCUT2D eigenvalue weighted by atomic mass is 19.1. The van der Waals surface area contributed by atoms with Crippen LogP contribution in [0, 0.1) is 11.7 Å². The summed E-state index contributed by atoms with van der Waals surface area (Å²) < 4.78 is 20.9. The van der Waals surface area contributed by atoms with Crippen LogP contribution in [0.25, 0.3) is 22.0 Å². The molecule has 152 valence electrons. The molecule has 1 atom stereocenters. The largest absolute Gasteiger partial charge is 0.493 e. The van der Waals surface area contributed by atoms with Crippen molar-refractivity contribution in [3.63, 3.8) is 0 Å². The molecule has 0 spiro atoms. The van der Waals surface area contributed by atoms with E-state index in [0.29, 0.717) is 28.8 Å². The zero-order valence-corrected chi connectivity index (χ0v) is 16.0. The molecule has 2 aromatic carbocycles. The second kappa shape index (κ2) is 7.38. The highest BCUT2D eigenvalue weighted by Crippen LogP contribution is 2.32. The minimum atomic E-state index is -0.450. The van der Waals surface area contributed by atoms with Gasteiger partial charge in [0, 0.05) is 17.1 Å². The molecule has 1 unspecified atom stereocenters. The minimum absolute atomic E-state index is 0.0977. The number of ether oxygens (including phenoxy) is 1. The van der Waals surface area contributed by atoms with Gasteiger partial charge in [0.1, 0.15) is 17.3 Å². The van der Waals surface area contributed by atoms with Crippen LogP contribution in [-0.2, 0) is 13.0 Å². The summed E-state index contributed by atoms with van der Waals surface area (Å²) in [6, 6.07) is 10.1. The number of nitrogens with zero attached hydrogens (tertiary/aromatic N) is 3. The van der Waals surface area contributed by atoms with E-state index in [-0.39, 0.29) is 31.4 Å². The second-order valence-electron chi connectivity index (χ2n) is 7.34. The van der Waals surface area contributed by atoms with Crippen molar-refractivity contribution < 1.29 is 19.0 Å². The second-order valence-corrected chi connectivity index (χ2v) is 7.34. The topological polar surface area (TPSA) is 93.0 Å². The molecule has 1 aliphatic heterocycles.